The minimum atomic E-state index is 0.0618. The van der Waals surface area contributed by atoms with Crippen molar-refractivity contribution in [1.82, 2.24) is 19.7 Å². The van der Waals surface area contributed by atoms with Crippen molar-refractivity contribution in [1.29, 1.82) is 0 Å². The molecule has 5 heteroatoms. The second-order valence-corrected chi connectivity index (χ2v) is 7.02. The van der Waals surface area contributed by atoms with Crippen molar-refractivity contribution in [3.63, 3.8) is 0 Å². The van der Waals surface area contributed by atoms with Gasteiger partial charge in [0, 0.05) is 53.4 Å². The summed E-state index contributed by atoms with van der Waals surface area (Å²) in [6.07, 6.45) is 7.83. The monoisotopic (exact) mass is 366 g/mol. The van der Waals surface area contributed by atoms with Gasteiger partial charge in [-0.05, 0) is 40.6 Å². The average molecular weight is 366 g/mol. The number of aryl methyl sites for hydroxylation is 1. The zero-order valence-corrected chi connectivity index (χ0v) is 15.4. The van der Waals surface area contributed by atoms with Crippen LogP contribution < -0.4 is 0 Å². The third-order valence-electron chi connectivity index (χ3n) is 5.04. The lowest BCUT2D eigenvalue weighted by atomic mass is 10.0. The highest BCUT2D eigenvalue weighted by atomic mass is 16.1. The number of H-pyrrole nitrogens is 1. The van der Waals surface area contributed by atoms with Crippen LogP contribution in [-0.2, 0) is 13.5 Å². The third kappa shape index (κ3) is 2.97. The van der Waals surface area contributed by atoms with Crippen molar-refractivity contribution in [2.24, 2.45) is 7.05 Å². The van der Waals surface area contributed by atoms with Crippen LogP contribution >= 0.6 is 0 Å². The predicted octanol–water partition coefficient (Wildman–Crippen LogP) is 4.54. The van der Waals surface area contributed by atoms with Crippen LogP contribution in [0.25, 0.3) is 32.8 Å². The summed E-state index contributed by atoms with van der Waals surface area (Å²) in [5.74, 6) is 0.0618. The Morgan fingerprint density at radius 3 is 2.71 bits per heavy atom. The molecule has 5 rings (SSSR count). The number of nitrogens with zero attached hydrogens (tertiary/aromatic N) is 3. The average Bonchev–Trinajstić information content (AvgIpc) is 3.35. The van der Waals surface area contributed by atoms with Gasteiger partial charge in [-0.1, -0.05) is 24.3 Å². The number of Topliss-reactive ketones (excluding diaryl/α,β-unsaturated/α-hetero) is 1. The minimum absolute atomic E-state index is 0.0618. The fourth-order valence-corrected chi connectivity index (χ4v) is 3.52. The van der Waals surface area contributed by atoms with Crippen molar-refractivity contribution in [2.75, 3.05) is 0 Å². The summed E-state index contributed by atoms with van der Waals surface area (Å²) in [6.45, 7) is 0. The van der Waals surface area contributed by atoms with E-state index in [1.54, 1.807) is 4.68 Å². The lowest BCUT2D eigenvalue weighted by Gasteiger charge is -2.05. The number of hydrogen-bond acceptors (Lipinski definition) is 3. The van der Waals surface area contributed by atoms with Gasteiger partial charge in [0.25, 0.3) is 0 Å². The SMILES string of the molecule is Cn1cc(-c2ccc3cnc(CC(=O)c4ccc5cc[nH]c5c4)cc3c2)cn1. The van der Waals surface area contributed by atoms with E-state index in [0.717, 1.165) is 38.5 Å². The number of aromatic nitrogens is 4. The molecule has 0 radical (unpaired) electrons. The molecule has 0 aliphatic rings. The summed E-state index contributed by atoms with van der Waals surface area (Å²) in [5, 5.41) is 7.46. The van der Waals surface area contributed by atoms with Gasteiger partial charge in [0.15, 0.2) is 5.78 Å². The second kappa shape index (κ2) is 6.46. The quantitative estimate of drug-likeness (QED) is 0.475. The number of carbonyl (C=O) groups is 1. The number of carbonyl (C=O) groups excluding carboxylic acids is 1. The van der Waals surface area contributed by atoms with E-state index in [1.807, 2.05) is 62.2 Å². The molecule has 0 unspecified atom stereocenters. The maximum Gasteiger partial charge on any atom is 0.168 e. The number of ketones is 1. The van der Waals surface area contributed by atoms with Gasteiger partial charge in [-0.25, -0.2) is 0 Å². The first-order valence-corrected chi connectivity index (χ1v) is 9.14. The van der Waals surface area contributed by atoms with Crippen molar-refractivity contribution >= 4 is 27.5 Å². The van der Waals surface area contributed by atoms with Gasteiger partial charge in [0.1, 0.15) is 0 Å². The van der Waals surface area contributed by atoms with Crippen LogP contribution in [0.4, 0.5) is 0 Å². The van der Waals surface area contributed by atoms with E-state index in [-0.39, 0.29) is 12.2 Å². The maximum absolute atomic E-state index is 12.7. The van der Waals surface area contributed by atoms with E-state index in [9.17, 15) is 4.79 Å². The number of pyridine rings is 1. The number of fused-ring (bicyclic) bond motifs is 2. The largest absolute Gasteiger partial charge is 0.361 e. The number of benzene rings is 2. The number of nitrogens with one attached hydrogen (secondary N) is 1. The Kier molecular flexibility index (Phi) is 3.79. The molecular formula is C23H18N4O. The Balaban J connectivity index is 1.45. The molecule has 3 heterocycles. The molecule has 3 aromatic heterocycles. The van der Waals surface area contributed by atoms with E-state index in [0.29, 0.717) is 5.56 Å². The van der Waals surface area contributed by atoms with Crippen LogP contribution in [0, 0.1) is 0 Å². The lowest BCUT2D eigenvalue weighted by molar-refractivity contribution is 0.0992. The molecule has 0 fully saturated rings. The molecule has 0 bridgehead atoms. The highest BCUT2D eigenvalue weighted by Crippen LogP contribution is 2.24. The van der Waals surface area contributed by atoms with Gasteiger partial charge in [-0.3, -0.25) is 14.5 Å². The zero-order valence-electron chi connectivity index (χ0n) is 15.4. The van der Waals surface area contributed by atoms with E-state index in [2.05, 4.69) is 33.3 Å². The molecule has 5 aromatic rings. The number of rotatable bonds is 4. The smallest absolute Gasteiger partial charge is 0.168 e. The molecule has 5 nitrogen and oxygen atoms in total. The fraction of sp³-hybridized carbons (Fsp3) is 0.0870. The summed E-state index contributed by atoms with van der Waals surface area (Å²) >= 11 is 0. The number of aromatic amines is 1. The molecule has 1 N–H and O–H groups in total. The van der Waals surface area contributed by atoms with Crippen LogP contribution in [0.2, 0.25) is 0 Å². The predicted molar refractivity (Wildman–Crippen MR) is 110 cm³/mol. The van der Waals surface area contributed by atoms with Gasteiger partial charge >= 0.3 is 0 Å². The van der Waals surface area contributed by atoms with Crippen LogP contribution in [0.1, 0.15) is 16.1 Å². The molecule has 0 amide bonds. The molecule has 0 saturated carbocycles. The standard InChI is InChI=1S/C23H18N4O/c1-27-14-20(13-26-27)16-3-5-18-12-25-21(9-19(18)8-16)11-23(28)17-4-2-15-6-7-24-22(15)10-17/h2-10,12-14,24H,11H2,1H3. The van der Waals surface area contributed by atoms with Crippen molar-refractivity contribution < 1.29 is 4.79 Å². The molecule has 0 saturated heterocycles. The van der Waals surface area contributed by atoms with Gasteiger partial charge in [-0.15, -0.1) is 0 Å². The topological polar surface area (TPSA) is 63.6 Å². The zero-order chi connectivity index (χ0) is 19.1. The first-order valence-electron chi connectivity index (χ1n) is 9.14. The fourth-order valence-electron chi connectivity index (χ4n) is 3.52. The molecule has 0 aliphatic carbocycles. The minimum Gasteiger partial charge on any atom is -0.361 e. The summed E-state index contributed by atoms with van der Waals surface area (Å²) in [7, 11) is 1.91. The molecule has 0 spiro atoms. The van der Waals surface area contributed by atoms with Gasteiger partial charge in [0.2, 0.25) is 0 Å². The van der Waals surface area contributed by atoms with Crippen molar-refractivity contribution in [3.8, 4) is 11.1 Å². The van der Waals surface area contributed by atoms with E-state index >= 15 is 0 Å². The van der Waals surface area contributed by atoms with Crippen molar-refractivity contribution in [2.45, 2.75) is 6.42 Å². The summed E-state index contributed by atoms with van der Waals surface area (Å²) in [6, 6.07) is 16.0. The Morgan fingerprint density at radius 2 is 1.86 bits per heavy atom. The van der Waals surface area contributed by atoms with Crippen LogP contribution in [0.3, 0.4) is 0 Å². The molecule has 0 aliphatic heterocycles. The van der Waals surface area contributed by atoms with Crippen LogP contribution in [0.5, 0.6) is 0 Å². The first-order chi connectivity index (χ1) is 13.7. The molecule has 136 valence electrons. The van der Waals surface area contributed by atoms with Crippen molar-refractivity contribution in [3.05, 3.63) is 84.6 Å². The molecule has 2 aromatic carbocycles. The normalized spacial score (nSPS) is 11.3. The lowest BCUT2D eigenvalue weighted by Crippen LogP contribution is -2.05. The molecule has 28 heavy (non-hydrogen) atoms. The summed E-state index contributed by atoms with van der Waals surface area (Å²) in [5.41, 5.74) is 4.60. The molecule has 0 atom stereocenters. The van der Waals surface area contributed by atoms with Crippen LogP contribution in [0.15, 0.2) is 73.3 Å². The summed E-state index contributed by atoms with van der Waals surface area (Å²) in [4.78, 5) is 20.4. The third-order valence-corrected chi connectivity index (χ3v) is 5.04. The Hall–Kier alpha value is -3.73. The summed E-state index contributed by atoms with van der Waals surface area (Å²) < 4.78 is 1.79. The molecular weight excluding hydrogens is 348 g/mol. The highest BCUT2D eigenvalue weighted by molar-refractivity contribution is 6.00. The Labute approximate surface area is 161 Å². The van der Waals surface area contributed by atoms with Crippen LogP contribution in [-0.4, -0.2) is 25.5 Å². The van der Waals surface area contributed by atoms with Gasteiger partial charge in [-0.2, -0.15) is 5.10 Å². The van der Waals surface area contributed by atoms with E-state index in [4.69, 9.17) is 0 Å². The van der Waals surface area contributed by atoms with Gasteiger partial charge < -0.3 is 4.98 Å². The first kappa shape index (κ1) is 16.4. The second-order valence-electron chi connectivity index (χ2n) is 7.02. The van der Waals surface area contributed by atoms with E-state index in [1.165, 1.54) is 0 Å². The van der Waals surface area contributed by atoms with E-state index < -0.39 is 0 Å². The maximum atomic E-state index is 12.7. The Morgan fingerprint density at radius 1 is 0.964 bits per heavy atom. The Bertz CT molecular complexity index is 1330. The number of hydrogen-bond donors (Lipinski definition) is 1. The van der Waals surface area contributed by atoms with Gasteiger partial charge in [0.05, 0.1) is 12.6 Å². The highest BCUT2D eigenvalue weighted by Gasteiger charge is 2.10.